The molecule has 78 valence electrons. The van der Waals surface area contributed by atoms with Crippen LogP contribution >= 0.6 is 11.8 Å². The predicted octanol–water partition coefficient (Wildman–Crippen LogP) is 1.44. The maximum Gasteiger partial charge on any atom is 0.256 e. The molecule has 0 fully saturated rings. The van der Waals surface area contributed by atoms with Crippen molar-refractivity contribution >= 4 is 23.6 Å². The molecule has 1 aliphatic rings. The minimum absolute atomic E-state index is 0.0103. The summed E-state index contributed by atoms with van der Waals surface area (Å²) in [5, 5.41) is 0. The van der Waals surface area contributed by atoms with Crippen LogP contribution in [0, 0.1) is 0 Å². The fourth-order valence-corrected chi connectivity index (χ4v) is 2.02. The molecule has 0 aliphatic carbocycles. The predicted molar refractivity (Wildman–Crippen MR) is 58.1 cm³/mol. The van der Waals surface area contributed by atoms with Gasteiger partial charge in [-0.15, -0.1) is 0 Å². The molecule has 14 heavy (non-hydrogen) atoms. The van der Waals surface area contributed by atoms with Crippen LogP contribution in [0.4, 0.5) is 0 Å². The third kappa shape index (κ3) is 2.18. The quantitative estimate of drug-likeness (QED) is 0.663. The Kier molecular flexibility index (Phi) is 3.75. The molecule has 1 unspecified atom stereocenters. The van der Waals surface area contributed by atoms with Crippen molar-refractivity contribution in [3.05, 3.63) is 11.6 Å². The molecule has 1 atom stereocenters. The number of carbonyl (C=O) groups excluding carboxylic acids is 2. The van der Waals surface area contributed by atoms with Crippen LogP contribution < -0.4 is 0 Å². The maximum absolute atomic E-state index is 11.6. The number of thioether (sulfide) groups is 1. The van der Waals surface area contributed by atoms with Crippen LogP contribution in [0.3, 0.4) is 0 Å². The van der Waals surface area contributed by atoms with Crippen LogP contribution in [-0.2, 0) is 9.59 Å². The van der Waals surface area contributed by atoms with Crippen LogP contribution in [0.2, 0.25) is 0 Å². The zero-order chi connectivity index (χ0) is 10.7. The lowest BCUT2D eigenvalue weighted by Gasteiger charge is -2.22. The molecule has 0 aromatic heterocycles. The van der Waals surface area contributed by atoms with Gasteiger partial charge in [0, 0.05) is 17.7 Å². The molecule has 0 saturated carbocycles. The van der Waals surface area contributed by atoms with E-state index in [1.54, 1.807) is 18.7 Å². The van der Waals surface area contributed by atoms with Gasteiger partial charge < -0.3 is 0 Å². The minimum Gasteiger partial charge on any atom is -0.272 e. The lowest BCUT2D eigenvalue weighted by Crippen LogP contribution is -2.39. The topological polar surface area (TPSA) is 37.4 Å². The van der Waals surface area contributed by atoms with Crippen molar-refractivity contribution in [2.45, 2.75) is 26.3 Å². The first-order chi connectivity index (χ1) is 6.57. The Morgan fingerprint density at radius 1 is 1.50 bits per heavy atom. The van der Waals surface area contributed by atoms with E-state index in [4.69, 9.17) is 0 Å². The van der Waals surface area contributed by atoms with Gasteiger partial charge in [-0.2, -0.15) is 11.8 Å². The standard InChI is InChI=1S/C10H15NO2S/c1-7-6-9(12)11(10(7)13)8(2)4-5-14-3/h6,8H,4-5H2,1-3H3. The van der Waals surface area contributed by atoms with Crippen LogP contribution in [0.1, 0.15) is 20.3 Å². The lowest BCUT2D eigenvalue weighted by atomic mass is 10.2. The number of hydrogen-bond donors (Lipinski definition) is 0. The summed E-state index contributed by atoms with van der Waals surface area (Å²) in [5.74, 6) is 0.668. The summed E-state index contributed by atoms with van der Waals surface area (Å²) >= 11 is 1.73. The highest BCUT2D eigenvalue weighted by Crippen LogP contribution is 2.17. The van der Waals surface area contributed by atoms with E-state index in [1.807, 2.05) is 13.2 Å². The van der Waals surface area contributed by atoms with Gasteiger partial charge >= 0.3 is 0 Å². The van der Waals surface area contributed by atoms with Gasteiger partial charge in [0.05, 0.1) is 0 Å². The normalized spacial score (nSPS) is 18.8. The molecular weight excluding hydrogens is 198 g/mol. The van der Waals surface area contributed by atoms with E-state index in [1.165, 1.54) is 11.0 Å². The Labute approximate surface area is 88.5 Å². The molecule has 0 spiro atoms. The summed E-state index contributed by atoms with van der Waals surface area (Å²) in [6.45, 7) is 3.60. The third-order valence-corrected chi connectivity index (χ3v) is 2.96. The van der Waals surface area contributed by atoms with Crippen LogP contribution in [-0.4, -0.2) is 34.8 Å². The minimum atomic E-state index is -0.166. The highest BCUT2D eigenvalue weighted by atomic mass is 32.2. The second-order valence-corrected chi connectivity index (χ2v) is 4.46. The first-order valence-electron chi connectivity index (χ1n) is 4.62. The zero-order valence-electron chi connectivity index (χ0n) is 8.74. The fourth-order valence-electron chi connectivity index (χ4n) is 1.44. The van der Waals surface area contributed by atoms with Gasteiger partial charge in [-0.25, -0.2) is 0 Å². The summed E-state index contributed by atoms with van der Waals surface area (Å²) in [6, 6.07) is 0.0103. The van der Waals surface area contributed by atoms with Crippen LogP contribution in [0.25, 0.3) is 0 Å². The Morgan fingerprint density at radius 3 is 2.57 bits per heavy atom. The molecule has 0 radical (unpaired) electrons. The highest BCUT2D eigenvalue weighted by Gasteiger charge is 2.31. The lowest BCUT2D eigenvalue weighted by molar-refractivity contribution is -0.139. The van der Waals surface area contributed by atoms with Gasteiger partial charge in [-0.05, 0) is 32.3 Å². The van der Waals surface area contributed by atoms with Crippen molar-refractivity contribution in [3.8, 4) is 0 Å². The summed E-state index contributed by atoms with van der Waals surface area (Å²) < 4.78 is 0. The molecule has 0 N–H and O–H groups in total. The van der Waals surface area contributed by atoms with Crippen LogP contribution in [0.5, 0.6) is 0 Å². The highest BCUT2D eigenvalue weighted by molar-refractivity contribution is 7.98. The summed E-state index contributed by atoms with van der Waals surface area (Å²) in [6.07, 6.45) is 4.29. The average molecular weight is 213 g/mol. The molecular formula is C10H15NO2S. The average Bonchev–Trinajstić information content (AvgIpc) is 2.38. The first-order valence-corrected chi connectivity index (χ1v) is 6.02. The van der Waals surface area contributed by atoms with Gasteiger partial charge in [0.2, 0.25) is 0 Å². The van der Waals surface area contributed by atoms with Gasteiger partial charge in [0.25, 0.3) is 11.8 Å². The molecule has 0 bridgehead atoms. The van der Waals surface area contributed by atoms with Crippen molar-refractivity contribution in [1.82, 2.24) is 4.90 Å². The van der Waals surface area contributed by atoms with Crippen molar-refractivity contribution in [3.63, 3.8) is 0 Å². The molecule has 1 aliphatic heterocycles. The third-order valence-electron chi connectivity index (χ3n) is 2.31. The molecule has 0 aromatic carbocycles. The second kappa shape index (κ2) is 4.64. The summed E-state index contributed by atoms with van der Waals surface area (Å²) in [4.78, 5) is 24.3. The maximum atomic E-state index is 11.6. The van der Waals surface area contributed by atoms with Gasteiger partial charge in [-0.3, -0.25) is 14.5 Å². The molecule has 1 heterocycles. The molecule has 2 amide bonds. The summed E-state index contributed by atoms with van der Waals surface area (Å²) in [7, 11) is 0. The molecule has 1 rings (SSSR count). The van der Waals surface area contributed by atoms with E-state index in [-0.39, 0.29) is 17.9 Å². The van der Waals surface area contributed by atoms with E-state index in [0.29, 0.717) is 5.57 Å². The van der Waals surface area contributed by atoms with E-state index in [2.05, 4.69) is 0 Å². The number of carbonyl (C=O) groups is 2. The number of hydrogen-bond acceptors (Lipinski definition) is 3. The molecule has 3 nitrogen and oxygen atoms in total. The Morgan fingerprint density at radius 2 is 2.14 bits per heavy atom. The number of imide groups is 1. The Bertz CT molecular complexity index is 286. The number of rotatable bonds is 4. The van der Waals surface area contributed by atoms with Crippen molar-refractivity contribution < 1.29 is 9.59 Å². The summed E-state index contributed by atoms with van der Waals surface area (Å²) in [5.41, 5.74) is 0.547. The van der Waals surface area contributed by atoms with Gasteiger partial charge in [0.15, 0.2) is 0 Å². The molecule has 0 aromatic rings. The smallest absolute Gasteiger partial charge is 0.256 e. The van der Waals surface area contributed by atoms with E-state index >= 15 is 0 Å². The fraction of sp³-hybridized carbons (Fsp3) is 0.600. The SMILES string of the molecule is CSCCC(C)N1C(=O)C=C(C)C1=O. The first kappa shape index (κ1) is 11.3. The van der Waals surface area contributed by atoms with Crippen LogP contribution in [0.15, 0.2) is 11.6 Å². The van der Waals surface area contributed by atoms with E-state index in [9.17, 15) is 9.59 Å². The largest absolute Gasteiger partial charge is 0.272 e. The Hall–Kier alpha value is -0.770. The van der Waals surface area contributed by atoms with Gasteiger partial charge in [0.1, 0.15) is 0 Å². The number of nitrogens with zero attached hydrogens (tertiary/aromatic N) is 1. The van der Waals surface area contributed by atoms with Crippen molar-refractivity contribution in [1.29, 1.82) is 0 Å². The Balaban J connectivity index is 2.62. The number of amides is 2. The second-order valence-electron chi connectivity index (χ2n) is 3.47. The van der Waals surface area contributed by atoms with E-state index < -0.39 is 0 Å². The molecule has 4 heteroatoms. The monoisotopic (exact) mass is 213 g/mol. The van der Waals surface area contributed by atoms with Crippen molar-refractivity contribution in [2.24, 2.45) is 0 Å². The zero-order valence-corrected chi connectivity index (χ0v) is 9.56. The van der Waals surface area contributed by atoms with Gasteiger partial charge in [-0.1, -0.05) is 0 Å². The van der Waals surface area contributed by atoms with E-state index in [0.717, 1.165) is 12.2 Å². The molecule has 0 saturated heterocycles. The van der Waals surface area contributed by atoms with Crippen molar-refractivity contribution in [2.75, 3.05) is 12.0 Å².